The van der Waals surface area contributed by atoms with Crippen molar-refractivity contribution in [2.75, 3.05) is 25.1 Å². The molecule has 1 aromatic heterocycles. The van der Waals surface area contributed by atoms with Gasteiger partial charge in [0.05, 0.1) is 12.2 Å². The van der Waals surface area contributed by atoms with Gasteiger partial charge in [0.15, 0.2) is 5.69 Å². The first kappa shape index (κ1) is 19.6. The highest BCUT2D eigenvalue weighted by molar-refractivity contribution is 5.95. The van der Waals surface area contributed by atoms with Crippen LogP contribution in [0.3, 0.4) is 0 Å². The zero-order valence-corrected chi connectivity index (χ0v) is 15.0. The molecule has 28 heavy (non-hydrogen) atoms. The summed E-state index contributed by atoms with van der Waals surface area (Å²) < 4.78 is 40.6. The predicted molar refractivity (Wildman–Crippen MR) is 94.7 cm³/mol. The number of amides is 2. The number of rotatable bonds is 4. The molecule has 2 amide bonds. The van der Waals surface area contributed by atoms with Gasteiger partial charge in [0, 0.05) is 31.4 Å². The summed E-state index contributed by atoms with van der Waals surface area (Å²) in [6.07, 6.45) is -3.70. The molecule has 0 unspecified atom stereocenters. The van der Waals surface area contributed by atoms with Gasteiger partial charge in [-0.2, -0.15) is 13.2 Å². The molecule has 1 fully saturated rings. The maximum absolute atomic E-state index is 13.5. The van der Waals surface area contributed by atoms with Crippen molar-refractivity contribution in [2.45, 2.75) is 19.5 Å². The van der Waals surface area contributed by atoms with Crippen LogP contribution in [-0.2, 0) is 11.0 Å². The van der Waals surface area contributed by atoms with Crippen LogP contribution in [0.1, 0.15) is 29.4 Å². The number of alkyl halides is 3. The third-order valence-corrected chi connectivity index (χ3v) is 4.24. The first-order valence-corrected chi connectivity index (χ1v) is 8.63. The van der Waals surface area contributed by atoms with E-state index >= 15 is 0 Å². The molecule has 0 atom stereocenters. The minimum atomic E-state index is -4.83. The smallest absolute Gasteiger partial charge is 0.324 e. The van der Waals surface area contributed by atoms with Crippen molar-refractivity contribution in [3.63, 3.8) is 0 Å². The van der Waals surface area contributed by atoms with E-state index in [-0.39, 0.29) is 38.0 Å². The minimum Gasteiger partial charge on any atom is -0.324 e. The molecule has 1 aliphatic rings. The molecule has 0 bridgehead atoms. The quantitative estimate of drug-likeness (QED) is 0.864. The summed E-state index contributed by atoms with van der Waals surface area (Å²) in [7, 11) is 0. The van der Waals surface area contributed by atoms with Crippen molar-refractivity contribution >= 4 is 23.5 Å². The van der Waals surface area contributed by atoms with E-state index in [1.54, 1.807) is 37.3 Å². The SMILES string of the molecule is CCC(=O)N1CCN(C(=O)c2cnc(Nc3ccccc3)nc2C(F)(F)F)C1. The number of anilines is 2. The number of halogens is 3. The van der Waals surface area contributed by atoms with Crippen LogP contribution in [-0.4, -0.2) is 51.3 Å². The van der Waals surface area contributed by atoms with Crippen LogP contribution in [0.5, 0.6) is 0 Å². The van der Waals surface area contributed by atoms with Crippen LogP contribution in [0.15, 0.2) is 36.5 Å². The first-order valence-electron chi connectivity index (χ1n) is 8.63. The normalized spacial score (nSPS) is 14.3. The molecule has 0 aliphatic carbocycles. The van der Waals surface area contributed by atoms with E-state index < -0.39 is 23.3 Å². The van der Waals surface area contributed by atoms with Gasteiger partial charge < -0.3 is 15.1 Å². The summed E-state index contributed by atoms with van der Waals surface area (Å²) in [4.78, 5) is 34.4. The summed E-state index contributed by atoms with van der Waals surface area (Å²) in [6.45, 7) is 2.08. The van der Waals surface area contributed by atoms with Crippen LogP contribution in [0.2, 0.25) is 0 Å². The molecule has 0 saturated carbocycles. The third-order valence-electron chi connectivity index (χ3n) is 4.24. The van der Waals surface area contributed by atoms with Crippen LogP contribution in [0, 0.1) is 0 Å². The third kappa shape index (κ3) is 4.21. The maximum atomic E-state index is 13.5. The molecule has 10 heteroatoms. The van der Waals surface area contributed by atoms with E-state index in [4.69, 9.17) is 0 Å². The van der Waals surface area contributed by atoms with Crippen molar-refractivity contribution in [3.8, 4) is 0 Å². The summed E-state index contributed by atoms with van der Waals surface area (Å²) >= 11 is 0. The summed E-state index contributed by atoms with van der Waals surface area (Å²) in [6, 6.07) is 8.49. The molecule has 1 saturated heterocycles. The lowest BCUT2D eigenvalue weighted by Crippen LogP contribution is -2.35. The fourth-order valence-corrected chi connectivity index (χ4v) is 2.82. The molecule has 7 nitrogen and oxygen atoms in total. The van der Waals surface area contributed by atoms with E-state index in [1.165, 1.54) is 9.80 Å². The van der Waals surface area contributed by atoms with E-state index in [1.807, 2.05) is 0 Å². The number of hydrogen-bond donors (Lipinski definition) is 1. The molecule has 1 aromatic carbocycles. The van der Waals surface area contributed by atoms with Gasteiger partial charge in [0.2, 0.25) is 11.9 Å². The summed E-state index contributed by atoms with van der Waals surface area (Å²) in [5.74, 6) is -1.28. The predicted octanol–water partition coefficient (Wildman–Crippen LogP) is 2.89. The number of carbonyl (C=O) groups is 2. The number of para-hydroxylation sites is 1. The molecule has 2 heterocycles. The van der Waals surface area contributed by atoms with Crippen LogP contribution < -0.4 is 5.32 Å². The Morgan fingerprint density at radius 3 is 2.46 bits per heavy atom. The Kier molecular flexibility index (Phi) is 5.48. The topological polar surface area (TPSA) is 78.4 Å². The molecular formula is C18H18F3N5O2. The fourth-order valence-electron chi connectivity index (χ4n) is 2.82. The zero-order valence-electron chi connectivity index (χ0n) is 15.0. The van der Waals surface area contributed by atoms with Gasteiger partial charge >= 0.3 is 6.18 Å². The highest BCUT2D eigenvalue weighted by Gasteiger charge is 2.40. The van der Waals surface area contributed by atoms with E-state index in [9.17, 15) is 22.8 Å². The van der Waals surface area contributed by atoms with Gasteiger partial charge in [-0.05, 0) is 12.1 Å². The number of benzene rings is 1. The van der Waals surface area contributed by atoms with E-state index in [0.717, 1.165) is 6.20 Å². The zero-order chi connectivity index (χ0) is 20.3. The number of hydrogen-bond acceptors (Lipinski definition) is 5. The molecule has 1 N–H and O–H groups in total. The molecule has 0 spiro atoms. The van der Waals surface area contributed by atoms with Crippen molar-refractivity contribution in [1.29, 1.82) is 0 Å². The monoisotopic (exact) mass is 393 g/mol. The van der Waals surface area contributed by atoms with Crippen LogP contribution >= 0.6 is 0 Å². The van der Waals surface area contributed by atoms with Gasteiger partial charge in [-0.25, -0.2) is 9.97 Å². The highest BCUT2D eigenvalue weighted by atomic mass is 19.4. The number of nitrogens with zero attached hydrogens (tertiary/aromatic N) is 4. The Hall–Kier alpha value is -3.17. The second-order valence-corrected chi connectivity index (χ2v) is 6.17. The Labute approximate surface area is 159 Å². The molecular weight excluding hydrogens is 375 g/mol. The fraction of sp³-hybridized carbons (Fsp3) is 0.333. The second kappa shape index (κ2) is 7.83. The lowest BCUT2D eigenvalue weighted by Gasteiger charge is -2.20. The van der Waals surface area contributed by atoms with E-state index in [2.05, 4.69) is 15.3 Å². The van der Waals surface area contributed by atoms with Gasteiger partial charge in [-0.15, -0.1) is 0 Å². The number of carbonyl (C=O) groups excluding carboxylic acids is 2. The second-order valence-electron chi connectivity index (χ2n) is 6.17. The maximum Gasteiger partial charge on any atom is 0.434 e. The largest absolute Gasteiger partial charge is 0.434 e. The van der Waals surface area contributed by atoms with Crippen molar-refractivity contribution in [1.82, 2.24) is 19.8 Å². The summed E-state index contributed by atoms with van der Waals surface area (Å²) in [5.41, 5.74) is -1.44. The summed E-state index contributed by atoms with van der Waals surface area (Å²) in [5, 5.41) is 2.68. The van der Waals surface area contributed by atoms with Gasteiger partial charge in [0.25, 0.3) is 5.91 Å². The Balaban J connectivity index is 1.86. The lowest BCUT2D eigenvalue weighted by atomic mass is 10.2. The van der Waals surface area contributed by atoms with E-state index in [0.29, 0.717) is 5.69 Å². The van der Waals surface area contributed by atoms with Crippen molar-refractivity contribution in [2.24, 2.45) is 0 Å². The molecule has 3 rings (SSSR count). The van der Waals surface area contributed by atoms with Gasteiger partial charge in [-0.1, -0.05) is 25.1 Å². The molecule has 148 valence electrons. The average molecular weight is 393 g/mol. The van der Waals surface area contributed by atoms with Gasteiger partial charge in [-0.3, -0.25) is 9.59 Å². The lowest BCUT2D eigenvalue weighted by molar-refractivity contribution is -0.141. The Morgan fingerprint density at radius 2 is 1.82 bits per heavy atom. The minimum absolute atomic E-state index is 0.0488. The standard InChI is InChI=1S/C18H18F3N5O2/c1-2-14(27)25-8-9-26(11-25)16(28)13-10-22-17(24-15(13)18(19,20)21)23-12-6-4-3-5-7-12/h3-7,10H,2,8-9,11H2,1H3,(H,22,23,24). The number of aromatic nitrogens is 2. The molecule has 0 radical (unpaired) electrons. The van der Waals surface area contributed by atoms with Gasteiger partial charge in [0.1, 0.15) is 0 Å². The molecule has 1 aliphatic heterocycles. The Morgan fingerprint density at radius 1 is 1.14 bits per heavy atom. The first-order chi connectivity index (χ1) is 13.3. The van der Waals surface area contributed by atoms with Crippen molar-refractivity contribution < 1.29 is 22.8 Å². The number of nitrogens with one attached hydrogen (secondary N) is 1. The Bertz CT molecular complexity index is 873. The van der Waals surface area contributed by atoms with Crippen LogP contribution in [0.25, 0.3) is 0 Å². The van der Waals surface area contributed by atoms with Crippen LogP contribution in [0.4, 0.5) is 24.8 Å². The average Bonchev–Trinajstić information content (AvgIpc) is 3.17. The molecule has 2 aromatic rings. The highest BCUT2D eigenvalue weighted by Crippen LogP contribution is 2.32. The van der Waals surface area contributed by atoms with Crippen molar-refractivity contribution in [3.05, 3.63) is 47.8 Å².